The lowest BCUT2D eigenvalue weighted by Gasteiger charge is -2.35. The highest BCUT2D eigenvalue weighted by Gasteiger charge is 2.40. The van der Waals surface area contributed by atoms with Gasteiger partial charge in [0.2, 0.25) is 0 Å². The number of nitrogens with zero attached hydrogens (tertiary/aromatic N) is 1. The number of hydrogen-bond donors (Lipinski definition) is 0. The molecule has 0 spiro atoms. The molecule has 4 nitrogen and oxygen atoms in total. The molecule has 0 saturated heterocycles. The molecule has 0 amide bonds. The van der Waals surface area contributed by atoms with Crippen LogP contribution in [0.25, 0.3) is 0 Å². The van der Waals surface area contributed by atoms with E-state index in [-0.39, 0.29) is 0 Å². The summed E-state index contributed by atoms with van der Waals surface area (Å²) in [5, 5.41) is 0. The van der Waals surface area contributed by atoms with Gasteiger partial charge in [0.05, 0.1) is 0 Å². The van der Waals surface area contributed by atoms with Crippen LogP contribution in [0.3, 0.4) is 0 Å². The monoisotopic (exact) mass is 379 g/mol. The maximum Gasteiger partial charge on any atom is 0.509 e. The molecule has 6 rings (SSSR count). The van der Waals surface area contributed by atoms with Gasteiger partial charge in [-0.05, 0) is 18.2 Å². The number of ether oxygens (including phenoxy) is 3. The molecule has 0 aromatic heterocycles. The molecule has 0 saturated carbocycles. The van der Waals surface area contributed by atoms with Gasteiger partial charge in [-0.3, -0.25) is 4.90 Å². The van der Waals surface area contributed by atoms with Crippen molar-refractivity contribution >= 4 is 11.6 Å². The van der Waals surface area contributed by atoms with Crippen LogP contribution in [0, 0.1) is 0 Å². The Balaban J connectivity index is 1.71. The predicted molar refractivity (Wildman–Crippen MR) is 103 cm³/mol. The lowest BCUT2D eigenvalue weighted by molar-refractivity contribution is -0.185. The van der Waals surface area contributed by atoms with Crippen molar-refractivity contribution in [2.75, 3.05) is 0 Å². The summed E-state index contributed by atoms with van der Waals surface area (Å²) in [6.45, 7) is 2.18. The highest BCUT2D eigenvalue weighted by atomic mass is 35.5. The summed E-state index contributed by atoms with van der Waals surface area (Å²) in [5.41, 5.74) is 1.30. The summed E-state index contributed by atoms with van der Waals surface area (Å²) in [6, 6.07) is 23.5. The van der Waals surface area contributed by atoms with Crippen molar-refractivity contribution < 1.29 is 14.2 Å². The largest absolute Gasteiger partial charge is 0.509 e. The molecule has 0 atom stereocenters. The molecule has 3 aromatic rings. The molecule has 136 valence electrons. The molecule has 3 heterocycles. The van der Waals surface area contributed by atoms with Gasteiger partial charge in [0, 0.05) is 47.9 Å². The van der Waals surface area contributed by atoms with Crippen LogP contribution in [0.15, 0.2) is 72.8 Å². The predicted octanol–water partition coefficient (Wildman–Crippen LogP) is 4.90. The summed E-state index contributed by atoms with van der Waals surface area (Å²) in [4.78, 5) is 2.35. The fraction of sp³-hybridized carbons (Fsp3) is 0.182. The number of para-hydroxylation sites is 3. The number of rotatable bonds is 0. The third-order valence-corrected chi connectivity index (χ3v) is 5.03. The van der Waals surface area contributed by atoms with Gasteiger partial charge in [0.25, 0.3) is 0 Å². The van der Waals surface area contributed by atoms with Crippen molar-refractivity contribution in [2.45, 2.75) is 25.1 Å². The first kappa shape index (κ1) is 16.5. The van der Waals surface area contributed by atoms with Gasteiger partial charge in [-0.25, -0.2) is 0 Å². The molecular weight excluding hydrogens is 362 g/mol. The Morgan fingerprint density at radius 3 is 1.30 bits per heavy atom. The first-order chi connectivity index (χ1) is 13.2. The summed E-state index contributed by atoms with van der Waals surface area (Å²) in [6.07, 6.45) is 0. The highest BCUT2D eigenvalue weighted by molar-refractivity contribution is 6.21. The van der Waals surface area contributed by atoms with E-state index >= 15 is 0 Å². The van der Waals surface area contributed by atoms with E-state index in [9.17, 15) is 0 Å². The topological polar surface area (TPSA) is 30.9 Å². The molecule has 0 N–H and O–H groups in total. The number of hydrogen-bond acceptors (Lipinski definition) is 4. The van der Waals surface area contributed by atoms with E-state index in [1.54, 1.807) is 0 Å². The fourth-order valence-corrected chi connectivity index (χ4v) is 3.80. The van der Waals surface area contributed by atoms with Crippen LogP contribution in [0.2, 0.25) is 0 Å². The van der Waals surface area contributed by atoms with E-state index in [2.05, 4.69) is 4.90 Å². The van der Waals surface area contributed by atoms with Gasteiger partial charge in [-0.15, -0.1) is 0 Å². The second-order valence-corrected chi connectivity index (χ2v) is 7.22. The van der Waals surface area contributed by atoms with Crippen LogP contribution in [0.1, 0.15) is 16.7 Å². The average molecular weight is 380 g/mol. The fourth-order valence-electron chi connectivity index (χ4n) is 3.55. The van der Waals surface area contributed by atoms with Crippen LogP contribution in [-0.4, -0.2) is 10.3 Å². The summed E-state index contributed by atoms with van der Waals surface area (Å²) in [5.74, 6) is 1.95. The normalized spacial score (nSPS) is 23.2. The Morgan fingerprint density at radius 2 is 0.926 bits per heavy atom. The van der Waals surface area contributed by atoms with Crippen LogP contribution in [0.5, 0.6) is 17.2 Å². The van der Waals surface area contributed by atoms with Crippen LogP contribution < -0.4 is 14.2 Å². The molecule has 0 fully saturated rings. The molecular formula is C22H18ClNO3. The van der Waals surface area contributed by atoms with E-state index in [0.717, 1.165) is 36.3 Å². The second kappa shape index (κ2) is 6.48. The lowest BCUT2D eigenvalue weighted by Crippen LogP contribution is -2.44. The quantitative estimate of drug-likeness (QED) is 0.520. The van der Waals surface area contributed by atoms with Gasteiger partial charge in [0.1, 0.15) is 17.2 Å². The van der Waals surface area contributed by atoms with Gasteiger partial charge in [-0.1, -0.05) is 54.6 Å². The van der Waals surface area contributed by atoms with Gasteiger partial charge in [-0.2, -0.15) is 0 Å². The molecule has 3 aliphatic heterocycles. The van der Waals surface area contributed by atoms with Crippen molar-refractivity contribution in [3.8, 4) is 17.2 Å². The van der Waals surface area contributed by atoms with E-state index in [1.807, 2.05) is 72.8 Å². The first-order valence-electron chi connectivity index (χ1n) is 8.91. The third kappa shape index (κ3) is 3.22. The van der Waals surface area contributed by atoms with E-state index in [0.29, 0.717) is 17.2 Å². The maximum absolute atomic E-state index is 6.78. The Bertz CT molecular complexity index is 865. The summed E-state index contributed by atoms with van der Waals surface area (Å²) >= 11 is 6.78. The molecule has 3 aromatic carbocycles. The molecule has 2 bridgehead atoms. The standard InChI is InChI=1S/C22H18ClNO3/c23-22-25-19-10-4-1-7-16(19)13-24(14-17-8-2-5-11-20(17)26-22)15-18-9-3-6-12-21(18)27-22/h1-12H,13-15H2. The first-order valence-corrected chi connectivity index (χ1v) is 9.28. The molecule has 27 heavy (non-hydrogen) atoms. The van der Waals surface area contributed by atoms with E-state index in [4.69, 9.17) is 25.8 Å². The third-order valence-electron chi connectivity index (χ3n) is 4.80. The molecule has 5 heteroatoms. The van der Waals surface area contributed by atoms with Crippen molar-refractivity contribution in [1.82, 2.24) is 4.90 Å². The number of halogens is 1. The summed E-state index contributed by atoms with van der Waals surface area (Å²) in [7, 11) is 0. The highest BCUT2D eigenvalue weighted by Crippen LogP contribution is 2.38. The number of alkyl halides is 1. The Hall–Kier alpha value is -2.69. The van der Waals surface area contributed by atoms with E-state index < -0.39 is 5.43 Å². The molecule has 3 aliphatic rings. The van der Waals surface area contributed by atoms with Crippen molar-refractivity contribution in [2.24, 2.45) is 0 Å². The minimum Gasteiger partial charge on any atom is -0.407 e. The molecule has 0 unspecified atom stereocenters. The van der Waals surface area contributed by atoms with Crippen LogP contribution >= 0.6 is 11.6 Å². The zero-order valence-corrected chi connectivity index (χ0v) is 15.4. The minimum absolute atomic E-state index is 0.649. The van der Waals surface area contributed by atoms with Crippen molar-refractivity contribution in [1.29, 1.82) is 0 Å². The lowest BCUT2D eigenvalue weighted by atomic mass is 10.1. The maximum atomic E-state index is 6.78. The number of benzene rings is 3. The average Bonchev–Trinajstić information content (AvgIpc) is 2.66. The minimum atomic E-state index is -1.80. The zero-order valence-electron chi connectivity index (χ0n) is 14.6. The van der Waals surface area contributed by atoms with Crippen molar-refractivity contribution in [3.05, 3.63) is 89.5 Å². The Kier molecular flexibility index (Phi) is 3.96. The van der Waals surface area contributed by atoms with Crippen molar-refractivity contribution in [3.63, 3.8) is 0 Å². The van der Waals surface area contributed by atoms with Gasteiger partial charge >= 0.3 is 5.43 Å². The second-order valence-electron chi connectivity index (χ2n) is 6.76. The SMILES string of the molecule is ClC12Oc3ccccc3CN(Cc3ccccc3O1)Cc1ccccc1O2. The Morgan fingerprint density at radius 1 is 0.593 bits per heavy atom. The van der Waals surface area contributed by atoms with Crippen LogP contribution in [-0.2, 0) is 19.6 Å². The molecule has 0 radical (unpaired) electrons. The Labute approximate surface area is 162 Å². The van der Waals surface area contributed by atoms with Gasteiger partial charge in [0.15, 0.2) is 0 Å². The molecule has 0 aliphatic carbocycles. The van der Waals surface area contributed by atoms with E-state index in [1.165, 1.54) is 0 Å². The smallest absolute Gasteiger partial charge is 0.407 e. The van der Waals surface area contributed by atoms with Crippen LogP contribution in [0.4, 0.5) is 0 Å². The van der Waals surface area contributed by atoms with Gasteiger partial charge < -0.3 is 14.2 Å². The summed E-state index contributed by atoms with van der Waals surface area (Å²) < 4.78 is 18.3. The zero-order chi connectivity index (χ0) is 18.3.